The van der Waals surface area contributed by atoms with Crippen LogP contribution in [0.1, 0.15) is 22.0 Å². The third-order valence-electron chi connectivity index (χ3n) is 3.51. The molecule has 0 aliphatic heterocycles. The van der Waals surface area contributed by atoms with E-state index in [4.69, 9.17) is 0 Å². The van der Waals surface area contributed by atoms with Crippen LogP contribution in [0.3, 0.4) is 0 Å². The SMILES string of the molecule is Cc1nc(C)n(-c2ccccc2NC(=O)c2cc(F)c(F)cc2F)n1. The van der Waals surface area contributed by atoms with Crippen molar-refractivity contribution in [2.24, 2.45) is 0 Å². The van der Waals surface area contributed by atoms with Crippen LogP contribution in [-0.4, -0.2) is 20.7 Å². The number of amides is 1. The number of nitrogens with one attached hydrogen (secondary N) is 1. The molecular weight excluding hydrogens is 333 g/mol. The summed E-state index contributed by atoms with van der Waals surface area (Å²) in [6.45, 7) is 3.47. The fourth-order valence-corrected chi connectivity index (χ4v) is 2.40. The summed E-state index contributed by atoms with van der Waals surface area (Å²) in [5.74, 6) is -3.57. The van der Waals surface area contributed by atoms with Crippen molar-refractivity contribution in [2.45, 2.75) is 13.8 Å². The van der Waals surface area contributed by atoms with Crippen LogP contribution in [0.4, 0.5) is 18.9 Å². The molecule has 1 amide bonds. The second-order valence-electron chi connectivity index (χ2n) is 5.34. The first-order chi connectivity index (χ1) is 11.9. The normalized spacial score (nSPS) is 10.8. The summed E-state index contributed by atoms with van der Waals surface area (Å²) >= 11 is 0. The highest BCUT2D eigenvalue weighted by molar-refractivity contribution is 6.05. The Labute approximate surface area is 141 Å². The Morgan fingerprint density at radius 2 is 1.72 bits per heavy atom. The number of para-hydroxylation sites is 2. The van der Waals surface area contributed by atoms with Crippen molar-refractivity contribution in [1.29, 1.82) is 0 Å². The Morgan fingerprint density at radius 1 is 1.04 bits per heavy atom. The van der Waals surface area contributed by atoms with Crippen molar-refractivity contribution in [3.05, 3.63) is 71.1 Å². The molecule has 3 aromatic rings. The monoisotopic (exact) mass is 346 g/mol. The number of hydrogen-bond donors (Lipinski definition) is 1. The number of halogens is 3. The van der Waals surface area contributed by atoms with Crippen molar-refractivity contribution < 1.29 is 18.0 Å². The second kappa shape index (κ2) is 6.39. The molecule has 0 spiro atoms. The van der Waals surface area contributed by atoms with Gasteiger partial charge in [-0.3, -0.25) is 4.79 Å². The van der Waals surface area contributed by atoms with Gasteiger partial charge in [-0.2, -0.15) is 5.10 Å². The van der Waals surface area contributed by atoms with Gasteiger partial charge in [-0.15, -0.1) is 0 Å². The predicted molar refractivity (Wildman–Crippen MR) is 85.1 cm³/mol. The second-order valence-corrected chi connectivity index (χ2v) is 5.34. The van der Waals surface area contributed by atoms with Crippen LogP contribution in [0.2, 0.25) is 0 Å². The average molecular weight is 346 g/mol. The van der Waals surface area contributed by atoms with Gasteiger partial charge in [0.15, 0.2) is 11.6 Å². The number of aryl methyl sites for hydroxylation is 2. The van der Waals surface area contributed by atoms with Crippen LogP contribution >= 0.6 is 0 Å². The minimum atomic E-state index is -1.36. The number of hydrogen-bond acceptors (Lipinski definition) is 3. The molecule has 3 rings (SSSR count). The molecule has 0 radical (unpaired) electrons. The first-order valence-corrected chi connectivity index (χ1v) is 7.32. The van der Waals surface area contributed by atoms with Crippen LogP contribution in [0.25, 0.3) is 5.69 Å². The first kappa shape index (κ1) is 16.7. The number of carbonyl (C=O) groups excluding carboxylic acids is 1. The van der Waals surface area contributed by atoms with E-state index in [9.17, 15) is 18.0 Å². The van der Waals surface area contributed by atoms with E-state index in [2.05, 4.69) is 15.4 Å². The maximum atomic E-state index is 13.8. The Balaban J connectivity index is 1.98. The largest absolute Gasteiger partial charge is 0.320 e. The molecular formula is C17H13F3N4O. The number of aromatic nitrogens is 3. The van der Waals surface area contributed by atoms with E-state index in [1.165, 1.54) is 4.68 Å². The summed E-state index contributed by atoms with van der Waals surface area (Å²) in [5.41, 5.74) is 0.238. The third-order valence-corrected chi connectivity index (χ3v) is 3.51. The molecule has 0 aliphatic rings. The fraction of sp³-hybridized carbons (Fsp3) is 0.118. The maximum absolute atomic E-state index is 13.8. The molecule has 0 aliphatic carbocycles. The third kappa shape index (κ3) is 3.23. The van der Waals surface area contributed by atoms with Gasteiger partial charge >= 0.3 is 0 Å². The minimum Gasteiger partial charge on any atom is -0.320 e. The number of nitrogens with zero attached hydrogens (tertiary/aromatic N) is 3. The van der Waals surface area contributed by atoms with Crippen molar-refractivity contribution >= 4 is 11.6 Å². The van der Waals surface area contributed by atoms with Crippen molar-refractivity contribution in [2.75, 3.05) is 5.32 Å². The van der Waals surface area contributed by atoms with Crippen LogP contribution < -0.4 is 5.32 Å². The number of anilines is 1. The summed E-state index contributed by atoms with van der Waals surface area (Å²) in [7, 11) is 0. The van der Waals surface area contributed by atoms with Crippen LogP contribution in [-0.2, 0) is 0 Å². The van der Waals surface area contributed by atoms with Gasteiger partial charge in [0.2, 0.25) is 0 Å². The molecule has 8 heteroatoms. The molecule has 1 aromatic heterocycles. The molecule has 0 fully saturated rings. The number of rotatable bonds is 3. The minimum absolute atomic E-state index is 0.324. The van der Waals surface area contributed by atoms with Gasteiger partial charge in [-0.1, -0.05) is 12.1 Å². The maximum Gasteiger partial charge on any atom is 0.258 e. The van der Waals surface area contributed by atoms with Crippen molar-refractivity contribution in [3.63, 3.8) is 0 Å². The first-order valence-electron chi connectivity index (χ1n) is 7.32. The highest BCUT2D eigenvalue weighted by atomic mass is 19.2. The van der Waals surface area contributed by atoms with Crippen LogP contribution in [0.5, 0.6) is 0 Å². The lowest BCUT2D eigenvalue weighted by atomic mass is 10.1. The van der Waals surface area contributed by atoms with Gasteiger partial charge < -0.3 is 5.32 Å². The molecule has 0 saturated carbocycles. The highest BCUT2D eigenvalue weighted by Crippen LogP contribution is 2.22. The van der Waals surface area contributed by atoms with Gasteiger partial charge in [0.05, 0.1) is 16.9 Å². The quantitative estimate of drug-likeness (QED) is 0.738. The predicted octanol–water partition coefficient (Wildman–Crippen LogP) is 3.55. The van der Waals surface area contributed by atoms with Gasteiger partial charge in [-0.25, -0.2) is 22.8 Å². The Hall–Kier alpha value is -3.16. The van der Waals surface area contributed by atoms with Crippen LogP contribution in [0.15, 0.2) is 36.4 Å². The molecule has 0 atom stereocenters. The summed E-state index contributed by atoms with van der Waals surface area (Å²) in [6.07, 6.45) is 0. The summed E-state index contributed by atoms with van der Waals surface area (Å²) < 4.78 is 41.6. The standard InChI is InChI=1S/C17H13F3N4O/c1-9-21-10(2)24(23-9)16-6-4-3-5-15(16)22-17(25)11-7-13(19)14(20)8-12(11)18/h3-8H,1-2H3,(H,22,25). The molecule has 1 N–H and O–H groups in total. The molecule has 1 heterocycles. The lowest BCUT2D eigenvalue weighted by Gasteiger charge is -2.12. The van der Waals surface area contributed by atoms with E-state index in [1.54, 1.807) is 38.1 Å². The van der Waals surface area contributed by atoms with E-state index >= 15 is 0 Å². The average Bonchev–Trinajstić information content (AvgIpc) is 2.89. The molecule has 25 heavy (non-hydrogen) atoms. The lowest BCUT2D eigenvalue weighted by Crippen LogP contribution is -2.16. The van der Waals surface area contributed by atoms with Gasteiger partial charge in [0.1, 0.15) is 17.5 Å². The van der Waals surface area contributed by atoms with Gasteiger partial charge in [-0.05, 0) is 32.0 Å². The summed E-state index contributed by atoms with van der Waals surface area (Å²) in [4.78, 5) is 16.5. The molecule has 5 nitrogen and oxygen atoms in total. The Morgan fingerprint density at radius 3 is 2.40 bits per heavy atom. The fourth-order valence-electron chi connectivity index (χ4n) is 2.40. The van der Waals surface area contributed by atoms with E-state index < -0.39 is 28.9 Å². The molecule has 0 unspecified atom stereocenters. The topological polar surface area (TPSA) is 59.8 Å². The lowest BCUT2D eigenvalue weighted by molar-refractivity contribution is 0.102. The van der Waals surface area contributed by atoms with Gasteiger partial charge in [0.25, 0.3) is 5.91 Å². The molecule has 128 valence electrons. The van der Waals surface area contributed by atoms with Gasteiger partial charge in [0, 0.05) is 6.07 Å². The van der Waals surface area contributed by atoms with Crippen LogP contribution in [0, 0.1) is 31.3 Å². The zero-order valence-corrected chi connectivity index (χ0v) is 13.3. The smallest absolute Gasteiger partial charge is 0.258 e. The van der Waals surface area contributed by atoms with Crippen molar-refractivity contribution in [3.8, 4) is 5.69 Å². The zero-order valence-electron chi connectivity index (χ0n) is 13.3. The van der Waals surface area contributed by atoms with E-state index in [0.29, 0.717) is 35.2 Å². The number of carbonyl (C=O) groups is 1. The summed E-state index contributed by atoms with van der Waals surface area (Å²) in [5, 5.41) is 6.73. The highest BCUT2D eigenvalue weighted by Gasteiger charge is 2.18. The van der Waals surface area contributed by atoms with E-state index in [1.807, 2.05) is 0 Å². The van der Waals surface area contributed by atoms with E-state index in [-0.39, 0.29) is 0 Å². The molecule has 0 bridgehead atoms. The number of benzene rings is 2. The molecule has 0 saturated heterocycles. The Bertz CT molecular complexity index is 969. The van der Waals surface area contributed by atoms with Crippen molar-refractivity contribution in [1.82, 2.24) is 14.8 Å². The Kier molecular flexibility index (Phi) is 4.26. The van der Waals surface area contributed by atoms with E-state index in [0.717, 1.165) is 0 Å². The zero-order chi connectivity index (χ0) is 18.1. The summed E-state index contributed by atoms with van der Waals surface area (Å²) in [6, 6.07) is 7.54. The molecule has 2 aromatic carbocycles.